The lowest BCUT2D eigenvalue weighted by atomic mass is 10.1. The third kappa shape index (κ3) is 2.51. The Labute approximate surface area is 76.2 Å². The van der Waals surface area contributed by atoms with E-state index in [4.69, 9.17) is 5.11 Å². The van der Waals surface area contributed by atoms with Gasteiger partial charge in [0.15, 0.2) is 0 Å². The third-order valence-corrected chi connectivity index (χ3v) is 1.86. The zero-order chi connectivity index (χ0) is 9.84. The highest BCUT2D eigenvalue weighted by atomic mass is 16.3. The molecule has 0 aliphatic heterocycles. The molecule has 0 bridgehead atoms. The van der Waals surface area contributed by atoms with Crippen LogP contribution in [0.3, 0.4) is 0 Å². The standard InChI is InChI=1S/C8H14N2O3/c1-10-5-6(4-9-10)8(13)7(12)2-3-11/h4-5,7-8,11-13H,2-3H2,1H3. The van der Waals surface area contributed by atoms with Crippen LogP contribution in [-0.4, -0.2) is 37.8 Å². The Bertz CT molecular complexity index is 262. The van der Waals surface area contributed by atoms with Crippen LogP contribution in [0.1, 0.15) is 18.1 Å². The lowest BCUT2D eigenvalue weighted by Crippen LogP contribution is -2.19. The lowest BCUT2D eigenvalue weighted by Gasteiger charge is -2.14. The van der Waals surface area contributed by atoms with E-state index in [2.05, 4.69) is 5.10 Å². The van der Waals surface area contributed by atoms with Crippen LogP contribution in [0.15, 0.2) is 12.4 Å². The topological polar surface area (TPSA) is 78.5 Å². The molecule has 5 nitrogen and oxygen atoms in total. The minimum absolute atomic E-state index is 0.140. The fourth-order valence-electron chi connectivity index (χ4n) is 1.11. The average molecular weight is 186 g/mol. The van der Waals surface area contributed by atoms with Crippen LogP contribution in [0, 0.1) is 0 Å². The van der Waals surface area contributed by atoms with Gasteiger partial charge in [-0.15, -0.1) is 0 Å². The van der Waals surface area contributed by atoms with E-state index in [1.807, 2.05) is 0 Å². The quantitative estimate of drug-likeness (QED) is 0.575. The Balaban J connectivity index is 2.61. The highest BCUT2D eigenvalue weighted by Gasteiger charge is 2.18. The molecule has 3 N–H and O–H groups in total. The number of rotatable bonds is 4. The molecule has 0 radical (unpaired) electrons. The Kier molecular flexibility index (Phi) is 3.41. The molecule has 1 aromatic heterocycles. The van der Waals surface area contributed by atoms with Crippen molar-refractivity contribution in [3.05, 3.63) is 18.0 Å². The van der Waals surface area contributed by atoms with Crippen molar-refractivity contribution in [1.82, 2.24) is 9.78 Å². The number of aliphatic hydroxyl groups is 3. The van der Waals surface area contributed by atoms with Crippen molar-refractivity contribution in [2.45, 2.75) is 18.6 Å². The lowest BCUT2D eigenvalue weighted by molar-refractivity contribution is 0.00418. The zero-order valence-corrected chi connectivity index (χ0v) is 7.46. The van der Waals surface area contributed by atoms with Crippen LogP contribution in [0.4, 0.5) is 0 Å². The molecule has 2 atom stereocenters. The number of aliphatic hydroxyl groups excluding tert-OH is 3. The summed E-state index contributed by atoms with van der Waals surface area (Å²) in [7, 11) is 1.73. The van der Waals surface area contributed by atoms with Crippen molar-refractivity contribution in [2.75, 3.05) is 6.61 Å². The first-order valence-electron chi connectivity index (χ1n) is 4.10. The Morgan fingerprint density at radius 3 is 2.69 bits per heavy atom. The molecule has 0 aliphatic rings. The van der Waals surface area contributed by atoms with Crippen molar-refractivity contribution < 1.29 is 15.3 Å². The van der Waals surface area contributed by atoms with E-state index in [0.717, 1.165) is 0 Å². The van der Waals surface area contributed by atoms with Gasteiger partial charge in [-0.05, 0) is 6.42 Å². The van der Waals surface area contributed by atoms with Crippen molar-refractivity contribution in [3.63, 3.8) is 0 Å². The molecule has 5 heteroatoms. The predicted octanol–water partition coefficient (Wildman–Crippen LogP) is -0.803. The van der Waals surface area contributed by atoms with Crippen molar-refractivity contribution in [3.8, 4) is 0 Å². The van der Waals surface area contributed by atoms with Gasteiger partial charge in [-0.2, -0.15) is 5.10 Å². The van der Waals surface area contributed by atoms with Gasteiger partial charge in [-0.1, -0.05) is 0 Å². The summed E-state index contributed by atoms with van der Waals surface area (Å²) in [5.74, 6) is 0. The second-order valence-corrected chi connectivity index (χ2v) is 2.97. The van der Waals surface area contributed by atoms with E-state index >= 15 is 0 Å². The molecule has 1 aromatic rings. The maximum absolute atomic E-state index is 9.52. The average Bonchev–Trinajstić information content (AvgIpc) is 2.51. The highest BCUT2D eigenvalue weighted by Crippen LogP contribution is 2.17. The van der Waals surface area contributed by atoms with E-state index in [9.17, 15) is 10.2 Å². The van der Waals surface area contributed by atoms with Crippen LogP contribution in [0.2, 0.25) is 0 Å². The van der Waals surface area contributed by atoms with Gasteiger partial charge in [0, 0.05) is 25.4 Å². The number of hydrogen-bond acceptors (Lipinski definition) is 4. The minimum atomic E-state index is -0.971. The van der Waals surface area contributed by atoms with Crippen molar-refractivity contribution in [2.24, 2.45) is 7.05 Å². The largest absolute Gasteiger partial charge is 0.396 e. The van der Waals surface area contributed by atoms with E-state index in [-0.39, 0.29) is 13.0 Å². The molecule has 0 aromatic carbocycles. The molecule has 2 unspecified atom stereocenters. The number of hydrogen-bond donors (Lipinski definition) is 3. The monoisotopic (exact) mass is 186 g/mol. The minimum Gasteiger partial charge on any atom is -0.396 e. The molecule has 1 rings (SSSR count). The summed E-state index contributed by atoms with van der Waals surface area (Å²) >= 11 is 0. The van der Waals surface area contributed by atoms with Gasteiger partial charge in [0.2, 0.25) is 0 Å². The first-order chi connectivity index (χ1) is 6.15. The van der Waals surface area contributed by atoms with Crippen LogP contribution in [0.5, 0.6) is 0 Å². The summed E-state index contributed by atoms with van der Waals surface area (Å²) in [4.78, 5) is 0. The molecule has 0 fully saturated rings. The van der Waals surface area contributed by atoms with E-state index < -0.39 is 12.2 Å². The predicted molar refractivity (Wildman–Crippen MR) is 45.9 cm³/mol. The number of nitrogens with zero attached hydrogens (tertiary/aromatic N) is 2. The molecule has 13 heavy (non-hydrogen) atoms. The molecule has 0 aliphatic carbocycles. The molecule has 74 valence electrons. The molecule has 0 saturated heterocycles. The number of aryl methyl sites for hydroxylation is 1. The fourth-order valence-corrected chi connectivity index (χ4v) is 1.11. The normalized spacial score (nSPS) is 15.7. The summed E-state index contributed by atoms with van der Waals surface area (Å²) in [6.07, 6.45) is 1.38. The smallest absolute Gasteiger partial charge is 0.108 e. The Morgan fingerprint density at radius 1 is 1.54 bits per heavy atom. The van der Waals surface area contributed by atoms with E-state index in [0.29, 0.717) is 5.56 Å². The highest BCUT2D eigenvalue weighted by molar-refractivity contribution is 5.09. The molecule has 0 spiro atoms. The molecular formula is C8H14N2O3. The summed E-state index contributed by atoms with van der Waals surface area (Å²) in [6, 6.07) is 0. The second kappa shape index (κ2) is 4.36. The van der Waals surface area contributed by atoms with Crippen LogP contribution in [-0.2, 0) is 7.05 Å². The summed E-state index contributed by atoms with van der Waals surface area (Å²) < 4.78 is 1.55. The zero-order valence-electron chi connectivity index (χ0n) is 7.46. The van der Waals surface area contributed by atoms with Gasteiger partial charge in [0.05, 0.1) is 12.3 Å². The van der Waals surface area contributed by atoms with Gasteiger partial charge in [0.1, 0.15) is 6.10 Å². The molecule has 0 amide bonds. The van der Waals surface area contributed by atoms with Crippen LogP contribution < -0.4 is 0 Å². The summed E-state index contributed by atoms with van der Waals surface area (Å²) in [6.45, 7) is -0.140. The third-order valence-electron chi connectivity index (χ3n) is 1.86. The maximum Gasteiger partial charge on any atom is 0.108 e. The first kappa shape index (κ1) is 10.2. The van der Waals surface area contributed by atoms with Crippen LogP contribution >= 0.6 is 0 Å². The Morgan fingerprint density at radius 2 is 2.23 bits per heavy atom. The summed E-state index contributed by atoms with van der Waals surface area (Å²) in [5, 5.41) is 31.3. The van der Waals surface area contributed by atoms with E-state index in [1.165, 1.54) is 6.20 Å². The van der Waals surface area contributed by atoms with E-state index in [1.54, 1.807) is 17.9 Å². The van der Waals surface area contributed by atoms with Crippen molar-refractivity contribution in [1.29, 1.82) is 0 Å². The maximum atomic E-state index is 9.52. The molecular weight excluding hydrogens is 172 g/mol. The van der Waals surface area contributed by atoms with Crippen molar-refractivity contribution >= 4 is 0 Å². The van der Waals surface area contributed by atoms with Gasteiger partial charge in [-0.25, -0.2) is 0 Å². The van der Waals surface area contributed by atoms with Gasteiger partial charge in [0.25, 0.3) is 0 Å². The first-order valence-corrected chi connectivity index (χ1v) is 4.10. The molecule has 1 heterocycles. The van der Waals surface area contributed by atoms with Gasteiger partial charge < -0.3 is 15.3 Å². The number of aromatic nitrogens is 2. The van der Waals surface area contributed by atoms with Gasteiger partial charge >= 0.3 is 0 Å². The van der Waals surface area contributed by atoms with Crippen LogP contribution in [0.25, 0.3) is 0 Å². The SMILES string of the molecule is Cn1cc(C(O)C(O)CCO)cn1. The fraction of sp³-hybridized carbons (Fsp3) is 0.625. The summed E-state index contributed by atoms with van der Waals surface area (Å²) in [5.41, 5.74) is 0.559. The van der Waals surface area contributed by atoms with Gasteiger partial charge in [-0.3, -0.25) is 4.68 Å². The molecule has 0 saturated carbocycles. The second-order valence-electron chi connectivity index (χ2n) is 2.97. The Hall–Kier alpha value is -0.910.